The fourth-order valence-corrected chi connectivity index (χ4v) is 2.67. The third-order valence-corrected chi connectivity index (χ3v) is 4.04. The van der Waals surface area contributed by atoms with E-state index in [0.29, 0.717) is 0 Å². The molecule has 0 aromatic heterocycles. The molecule has 0 amide bonds. The summed E-state index contributed by atoms with van der Waals surface area (Å²) in [5, 5.41) is 10.2. The molecule has 1 N–H and O–H groups in total. The summed E-state index contributed by atoms with van der Waals surface area (Å²) in [5.41, 5.74) is 1.03. The molecule has 0 spiro atoms. The van der Waals surface area contributed by atoms with E-state index in [4.69, 9.17) is 0 Å². The Morgan fingerprint density at radius 3 is 2.11 bits per heavy atom. The van der Waals surface area contributed by atoms with Gasteiger partial charge in [-0.1, -0.05) is 26.0 Å². The molecular formula is C16H27NOS. The summed E-state index contributed by atoms with van der Waals surface area (Å²) in [5.74, 6) is 0. The second-order valence-corrected chi connectivity index (χ2v) is 5.80. The lowest BCUT2D eigenvalue weighted by Crippen LogP contribution is -2.27. The molecule has 0 aliphatic heterocycles. The number of aliphatic hydroxyl groups excluding tert-OH is 1. The Balaban J connectivity index is 2.45. The van der Waals surface area contributed by atoms with Gasteiger partial charge < -0.3 is 10.0 Å². The molecule has 1 aromatic rings. The highest BCUT2D eigenvalue weighted by Gasteiger charge is 2.10. The van der Waals surface area contributed by atoms with Crippen molar-refractivity contribution < 1.29 is 5.11 Å². The van der Waals surface area contributed by atoms with Crippen LogP contribution in [0.5, 0.6) is 0 Å². The van der Waals surface area contributed by atoms with Crippen LogP contribution < -0.4 is 0 Å². The summed E-state index contributed by atoms with van der Waals surface area (Å²) in [6.45, 7) is 7.66. The normalized spacial score (nSPS) is 12.9. The van der Waals surface area contributed by atoms with E-state index in [1.54, 1.807) is 11.8 Å². The molecule has 1 unspecified atom stereocenters. The number of hydrogen-bond donors (Lipinski definition) is 1. The second kappa shape index (κ2) is 9.40. The van der Waals surface area contributed by atoms with Crippen molar-refractivity contribution in [3.63, 3.8) is 0 Å². The predicted octanol–water partition coefficient (Wildman–Crippen LogP) is 3.95. The summed E-state index contributed by atoms with van der Waals surface area (Å²) < 4.78 is 0. The summed E-state index contributed by atoms with van der Waals surface area (Å²) in [6, 6.07) is 8.25. The maximum absolute atomic E-state index is 10.2. The number of aliphatic hydroxyl groups is 1. The Kier molecular flexibility index (Phi) is 8.19. The first-order valence-corrected chi connectivity index (χ1v) is 8.48. The fraction of sp³-hybridized carbons (Fsp3) is 0.625. The minimum absolute atomic E-state index is 0.341. The lowest BCUT2D eigenvalue weighted by molar-refractivity contribution is 0.141. The standard InChI is InChI=1S/C16H27NOS/c1-4-11-17(12-5-2)13-10-16(18)14-6-8-15(19-3)9-7-14/h6-9,16,18H,4-5,10-13H2,1-3H3. The molecule has 3 heteroatoms. The van der Waals surface area contributed by atoms with Crippen molar-refractivity contribution in [1.82, 2.24) is 4.90 Å². The van der Waals surface area contributed by atoms with Crippen LogP contribution in [0.15, 0.2) is 29.2 Å². The van der Waals surface area contributed by atoms with Crippen molar-refractivity contribution >= 4 is 11.8 Å². The largest absolute Gasteiger partial charge is 0.388 e. The summed E-state index contributed by atoms with van der Waals surface area (Å²) in [4.78, 5) is 3.69. The van der Waals surface area contributed by atoms with Gasteiger partial charge in [-0.15, -0.1) is 11.8 Å². The molecule has 1 atom stereocenters. The number of rotatable bonds is 9. The zero-order valence-corrected chi connectivity index (χ0v) is 13.2. The predicted molar refractivity (Wildman–Crippen MR) is 84.8 cm³/mol. The van der Waals surface area contributed by atoms with Crippen molar-refractivity contribution in [2.45, 2.75) is 44.1 Å². The van der Waals surface area contributed by atoms with Crippen molar-refractivity contribution in [2.24, 2.45) is 0 Å². The molecule has 0 saturated carbocycles. The van der Waals surface area contributed by atoms with Crippen molar-refractivity contribution in [2.75, 3.05) is 25.9 Å². The van der Waals surface area contributed by atoms with E-state index >= 15 is 0 Å². The molecular weight excluding hydrogens is 254 g/mol. The molecule has 0 saturated heterocycles. The van der Waals surface area contributed by atoms with E-state index in [0.717, 1.165) is 31.6 Å². The van der Waals surface area contributed by atoms with Gasteiger partial charge in [0.15, 0.2) is 0 Å². The van der Waals surface area contributed by atoms with Crippen LogP contribution in [0.4, 0.5) is 0 Å². The van der Waals surface area contributed by atoms with Crippen LogP contribution in [0.25, 0.3) is 0 Å². The average molecular weight is 281 g/mol. The van der Waals surface area contributed by atoms with Crippen LogP contribution >= 0.6 is 11.8 Å². The van der Waals surface area contributed by atoms with Gasteiger partial charge in [-0.3, -0.25) is 0 Å². The molecule has 2 nitrogen and oxygen atoms in total. The van der Waals surface area contributed by atoms with Gasteiger partial charge in [0, 0.05) is 11.4 Å². The van der Waals surface area contributed by atoms with Crippen LogP contribution in [0.1, 0.15) is 44.8 Å². The third-order valence-electron chi connectivity index (χ3n) is 3.30. The fourth-order valence-electron chi connectivity index (χ4n) is 2.27. The van der Waals surface area contributed by atoms with Gasteiger partial charge in [0.1, 0.15) is 0 Å². The quantitative estimate of drug-likeness (QED) is 0.693. The van der Waals surface area contributed by atoms with Crippen molar-refractivity contribution in [1.29, 1.82) is 0 Å². The summed E-state index contributed by atoms with van der Waals surface area (Å²) >= 11 is 1.73. The molecule has 0 radical (unpaired) electrons. The molecule has 108 valence electrons. The van der Waals surface area contributed by atoms with Crippen LogP contribution in [0, 0.1) is 0 Å². The Bertz CT molecular complexity index is 333. The van der Waals surface area contributed by atoms with Gasteiger partial charge >= 0.3 is 0 Å². The van der Waals surface area contributed by atoms with E-state index in [1.807, 2.05) is 12.1 Å². The Morgan fingerprint density at radius 1 is 1.05 bits per heavy atom. The lowest BCUT2D eigenvalue weighted by Gasteiger charge is -2.22. The summed E-state index contributed by atoms with van der Waals surface area (Å²) in [6.07, 6.45) is 4.90. The zero-order valence-electron chi connectivity index (χ0n) is 12.4. The molecule has 1 rings (SSSR count). The van der Waals surface area contributed by atoms with Crippen LogP contribution in [0.2, 0.25) is 0 Å². The molecule has 19 heavy (non-hydrogen) atoms. The highest BCUT2D eigenvalue weighted by atomic mass is 32.2. The third kappa shape index (κ3) is 5.98. The Hall–Kier alpha value is -0.510. The first kappa shape index (κ1) is 16.5. The average Bonchev–Trinajstić information content (AvgIpc) is 2.45. The van der Waals surface area contributed by atoms with Crippen LogP contribution in [0.3, 0.4) is 0 Å². The summed E-state index contributed by atoms with van der Waals surface area (Å²) in [7, 11) is 0. The van der Waals surface area contributed by atoms with Gasteiger partial charge in [0.2, 0.25) is 0 Å². The van der Waals surface area contributed by atoms with Gasteiger partial charge in [-0.25, -0.2) is 0 Å². The number of benzene rings is 1. The topological polar surface area (TPSA) is 23.5 Å². The molecule has 0 fully saturated rings. The smallest absolute Gasteiger partial charge is 0.0802 e. The maximum Gasteiger partial charge on any atom is 0.0802 e. The number of hydrogen-bond acceptors (Lipinski definition) is 3. The van der Waals surface area contributed by atoms with E-state index in [9.17, 15) is 5.11 Å². The minimum atomic E-state index is -0.341. The molecule has 1 aromatic carbocycles. The Morgan fingerprint density at radius 2 is 1.63 bits per heavy atom. The number of nitrogens with zero attached hydrogens (tertiary/aromatic N) is 1. The van der Waals surface area contributed by atoms with E-state index < -0.39 is 0 Å². The van der Waals surface area contributed by atoms with E-state index in [2.05, 4.69) is 37.1 Å². The SMILES string of the molecule is CCCN(CCC)CCC(O)c1ccc(SC)cc1. The van der Waals surface area contributed by atoms with Crippen LogP contribution in [-0.4, -0.2) is 35.9 Å². The highest BCUT2D eigenvalue weighted by molar-refractivity contribution is 7.98. The first-order chi connectivity index (χ1) is 9.21. The lowest BCUT2D eigenvalue weighted by atomic mass is 10.1. The van der Waals surface area contributed by atoms with Crippen molar-refractivity contribution in [3.05, 3.63) is 29.8 Å². The van der Waals surface area contributed by atoms with Gasteiger partial charge in [0.05, 0.1) is 6.10 Å². The van der Waals surface area contributed by atoms with Crippen LogP contribution in [-0.2, 0) is 0 Å². The van der Waals surface area contributed by atoms with Crippen molar-refractivity contribution in [3.8, 4) is 0 Å². The number of thioether (sulfide) groups is 1. The molecule has 0 aliphatic rings. The van der Waals surface area contributed by atoms with Gasteiger partial charge in [0.25, 0.3) is 0 Å². The molecule has 0 bridgehead atoms. The van der Waals surface area contributed by atoms with E-state index in [-0.39, 0.29) is 6.10 Å². The molecule has 0 aliphatic carbocycles. The molecule has 0 heterocycles. The van der Waals surface area contributed by atoms with Gasteiger partial charge in [-0.2, -0.15) is 0 Å². The first-order valence-electron chi connectivity index (χ1n) is 7.25. The highest BCUT2D eigenvalue weighted by Crippen LogP contribution is 2.21. The minimum Gasteiger partial charge on any atom is -0.388 e. The second-order valence-electron chi connectivity index (χ2n) is 4.92. The van der Waals surface area contributed by atoms with Gasteiger partial charge in [-0.05, 0) is 56.3 Å². The Labute approximate surface area is 122 Å². The maximum atomic E-state index is 10.2. The monoisotopic (exact) mass is 281 g/mol. The zero-order chi connectivity index (χ0) is 14.1. The van der Waals surface area contributed by atoms with E-state index in [1.165, 1.54) is 17.7 Å².